The molecule has 2 aliphatic heterocycles. The molecule has 2 fully saturated rings. The number of aromatic nitrogens is 1. The lowest BCUT2D eigenvalue weighted by Gasteiger charge is -2.33. The second kappa shape index (κ2) is 9.79. The van der Waals surface area contributed by atoms with Crippen molar-refractivity contribution < 1.29 is 9.59 Å². The fourth-order valence-electron chi connectivity index (χ4n) is 4.63. The van der Waals surface area contributed by atoms with Gasteiger partial charge in [-0.25, -0.2) is 4.98 Å². The first-order chi connectivity index (χ1) is 14.7. The standard InChI is InChI=1S/C23H30N4O2S/c1-30-15-12-20(23(29)25-18-11-14-27-13-5-4-8-21(18)27)26-22(28)19-10-9-16-6-2-3-7-17(16)24-19/h2-3,6-7,9-10,18,20-21H,4-5,8,11-15H2,1H3,(H,25,29)(H,26,28)/t18-,20-,21+/m0/s1. The van der Waals surface area contributed by atoms with E-state index in [0.29, 0.717) is 18.2 Å². The summed E-state index contributed by atoms with van der Waals surface area (Å²) in [5, 5.41) is 7.18. The average Bonchev–Trinajstić information content (AvgIpc) is 3.18. The Hall–Kier alpha value is -2.12. The maximum Gasteiger partial charge on any atom is 0.270 e. The summed E-state index contributed by atoms with van der Waals surface area (Å²) in [7, 11) is 0. The number of nitrogens with zero attached hydrogens (tertiary/aromatic N) is 2. The van der Waals surface area contributed by atoms with E-state index in [1.165, 1.54) is 12.8 Å². The van der Waals surface area contributed by atoms with Gasteiger partial charge in [0.15, 0.2) is 0 Å². The van der Waals surface area contributed by atoms with Crippen molar-refractivity contribution in [3.05, 3.63) is 42.1 Å². The summed E-state index contributed by atoms with van der Waals surface area (Å²) in [6.45, 7) is 2.19. The Morgan fingerprint density at radius 1 is 1.17 bits per heavy atom. The van der Waals surface area contributed by atoms with Crippen LogP contribution in [-0.2, 0) is 4.79 Å². The Morgan fingerprint density at radius 3 is 2.90 bits per heavy atom. The number of amides is 2. The van der Waals surface area contributed by atoms with Gasteiger partial charge in [-0.15, -0.1) is 0 Å². The molecule has 3 heterocycles. The Bertz CT molecular complexity index is 906. The van der Waals surface area contributed by atoms with Crippen LogP contribution in [0.3, 0.4) is 0 Å². The van der Waals surface area contributed by atoms with E-state index in [-0.39, 0.29) is 17.9 Å². The van der Waals surface area contributed by atoms with Crippen molar-refractivity contribution in [3.8, 4) is 0 Å². The number of hydrogen-bond acceptors (Lipinski definition) is 5. The SMILES string of the molecule is CSCC[C@H](NC(=O)c1ccc2ccccc2n1)C(=O)N[C@H]1CCN2CCCC[C@H]12. The quantitative estimate of drug-likeness (QED) is 0.712. The summed E-state index contributed by atoms with van der Waals surface area (Å²) in [6.07, 6.45) is 7.24. The predicted octanol–water partition coefficient (Wildman–Crippen LogP) is 2.83. The molecule has 2 aliphatic rings. The molecule has 3 atom stereocenters. The minimum Gasteiger partial charge on any atom is -0.350 e. The Morgan fingerprint density at radius 2 is 2.03 bits per heavy atom. The van der Waals surface area contributed by atoms with Crippen molar-refractivity contribution in [3.63, 3.8) is 0 Å². The molecule has 2 saturated heterocycles. The van der Waals surface area contributed by atoms with E-state index < -0.39 is 6.04 Å². The molecule has 160 valence electrons. The Labute approximate surface area is 182 Å². The second-order valence-corrected chi connectivity index (χ2v) is 9.19. The van der Waals surface area contributed by atoms with E-state index in [2.05, 4.69) is 20.5 Å². The third-order valence-corrected chi connectivity index (χ3v) is 6.89. The van der Waals surface area contributed by atoms with Gasteiger partial charge in [0.05, 0.1) is 5.52 Å². The highest BCUT2D eigenvalue weighted by Gasteiger charge is 2.37. The zero-order valence-electron chi connectivity index (χ0n) is 17.5. The fraction of sp³-hybridized carbons (Fsp3) is 0.522. The van der Waals surface area contributed by atoms with Gasteiger partial charge in [-0.05, 0) is 56.4 Å². The first-order valence-corrected chi connectivity index (χ1v) is 12.2. The summed E-state index contributed by atoms with van der Waals surface area (Å²) in [6, 6.07) is 11.4. The van der Waals surface area contributed by atoms with Crippen LogP contribution < -0.4 is 10.6 Å². The highest BCUT2D eigenvalue weighted by molar-refractivity contribution is 7.98. The van der Waals surface area contributed by atoms with Crippen LogP contribution >= 0.6 is 11.8 Å². The summed E-state index contributed by atoms with van der Waals surface area (Å²) in [4.78, 5) is 32.9. The fourth-order valence-corrected chi connectivity index (χ4v) is 5.10. The van der Waals surface area contributed by atoms with Gasteiger partial charge >= 0.3 is 0 Å². The van der Waals surface area contributed by atoms with Gasteiger partial charge in [0.25, 0.3) is 5.91 Å². The molecule has 0 aliphatic carbocycles. The van der Waals surface area contributed by atoms with Gasteiger partial charge in [0, 0.05) is 24.0 Å². The number of fused-ring (bicyclic) bond motifs is 2. The van der Waals surface area contributed by atoms with E-state index in [9.17, 15) is 9.59 Å². The normalized spacial score (nSPS) is 22.4. The van der Waals surface area contributed by atoms with Gasteiger partial charge in [0.2, 0.25) is 5.91 Å². The molecule has 6 nitrogen and oxygen atoms in total. The lowest BCUT2D eigenvalue weighted by atomic mass is 9.98. The largest absolute Gasteiger partial charge is 0.350 e. The van der Waals surface area contributed by atoms with E-state index >= 15 is 0 Å². The summed E-state index contributed by atoms with van der Waals surface area (Å²) in [5.41, 5.74) is 1.12. The van der Waals surface area contributed by atoms with Crippen molar-refractivity contribution in [1.29, 1.82) is 0 Å². The number of rotatable bonds is 7. The third kappa shape index (κ3) is 4.78. The van der Waals surface area contributed by atoms with Crippen molar-refractivity contribution in [2.45, 2.75) is 50.2 Å². The van der Waals surface area contributed by atoms with E-state index in [4.69, 9.17) is 0 Å². The average molecular weight is 427 g/mol. The molecule has 7 heteroatoms. The number of carbonyl (C=O) groups is 2. The van der Waals surface area contributed by atoms with Crippen molar-refractivity contribution >= 4 is 34.5 Å². The molecule has 2 aromatic rings. The zero-order valence-corrected chi connectivity index (χ0v) is 18.3. The number of carbonyl (C=O) groups excluding carboxylic acids is 2. The van der Waals surface area contributed by atoms with Crippen molar-refractivity contribution in [2.24, 2.45) is 0 Å². The van der Waals surface area contributed by atoms with E-state index in [1.807, 2.05) is 36.6 Å². The van der Waals surface area contributed by atoms with Gasteiger partial charge in [-0.3, -0.25) is 14.5 Å². The van der Waals surface area contributed by atoms with E-state index in [0.717, 1.165) is 42.6 Å². The van der Waals surface area contributed by atoms with Crippen molar-refractivity contribution in [2.75, 3.05) is 25.1 Å². The summed E-state index contributed by atoms with van der Waals surface area (Å²) in [5.74, 6) is 0.437. The molecule has 0 bridgehead atoms. The van der Waals surface area contributed by atoms with Crippen LogP contribution in [0.4, 0.5) is 0 Å². The van der Waals surface area contributed by atoms with Crippen LogP contribution in [0, 0.1) is 0 Å². The van der Waals surface area contributed by atoms with Crippen molar-refractivity contribution in [1.82, 2.24) is 20.5 Å². The summed E-state index contributed by atoms with van der Waals surface area (Å²) < 4.78 is 0. The number of nitrogens with one attached hydrogen (secondary N) is 2. The molecular formula is C23H30N4O2S. The smallest absolute Gasteiger partial charge is 0.270 e. The lowest BCUT2D eigenvalue weighted by Crippen LogP contribution is -2.53. The maximum absolute atomic E-state index is 13.1. The molecule has 0 radical (unpaired) electrons. The molecule has 2 N–H and O–H groups in total. The highest BCUT2D eigenvalue weighted by Crippen LogP contribution is 2.27. The first kappa shape index (κ1) is 21.1. The first-order valence-electron chi connectivity index (χ1n) is 10.9. The van der Waals surface area contributed by atoms with Crippen LogP contribution in [0.5, 0.6) is 0 Å². The molecule has 1 aromatic heterocycles. The minimum absolute atomic E-state index is 0.0735. The summed E-state index contributed by atoms with van der Waals surface area (Å²) >= 11 is 1.68. The zero-order chi connectivity index (χ0) is 20.9. The Balaban J connectivity index is 1.43. The molecule has 30 heavy (non-hydrogen) atoms. The number of benzene rings is 1. The Kier molecular flexibility index (Phi) is 6.89. The number of para-hydroxylation sites is 1. The molecule has 0 unspecified atom stereocenters. The molecule has 1 aromatic carbocycles. The van der Waals surface area contributed by atoms with Crippen LogP contribution in [0.2, 0.25) is 0 Å². The molecule has 2 amide bonds. The topological polar surface area (TPSA) is 74.3 Å². The number of thioether (sulfide) groups is 1. The second-order valence-electron chi connectivity index (χ2n) is 8.20. The molecule has 0 spiro atoms. The number of hydrogen-bond donors (Lipinski definition) is 2. The van der Waals surface area contributed by atoms with Crippen LogP contribution in [0.25, 0.3) is 10.9 Å². The maximum atomic E-state index is 13.1. The molecular weight excluding hydrogens is 396 g/mol. The highest BCUT2D eigenvalue weighted by atomic mass is 32.2. The van der Waals surface area contributed by atoms with Crippen LogP contribution in [0.1, 0.15) is 42.6 Å². The van der Waals surface area contributed by atoms with Gasteiger partial charge in [0.1, 0.15) is 11.7 Å². The molecule has 0 saturated carbocycles. The van der Waals surface area contributed by atoms with Gasteiger partial charge < -0.3 is 10.6 Å². The number of pyridine rings is 1. The van der Waals surface area contributed by atoms with Crippen LogP contribution in [0.15, 0.2) is 36.4 Å². The van der Waals surface area contributed by atoms with Gasteiger partial charge in [-0.2, -0.15) is 11.8 Å². The lowest BCUT2D eigenvalue weighted by molar-refractivity contribution is -0.124. The molecule has 4 rings (SSSR count). The monoisotopic (exact) mass is 426 g/mol. The minimum atomic E-state index is -0.545. The third-order valence-electron chi connectivity index (χ3n) is 6.25. The van der Waals surface area contributed by atoms with E-state index in [1.54, 1.807) is 17.8 Å². The van der Waals surface area contributed by atoms with Crippen LogP contribution in [-0.4, -0.2) is 64.9 Å². The number of piperidine rings is 1. The predicted molar refractivity (Wildman–Crippen MR) is 122 cm³/mol. The van der Waals surface area contributed by atoms with Gasteiger partial charge in [-0.1, -0.05) is 30.7 Å².